The van der Waals surface area contributed by atoms with E-state index in [-0.39, 0.29) is 29.9 Å². The molecule has 0 aliphatic heterocycles. The lowest BCUT2D eigenvalue weighted by molar-refractivity contribution is -0.138. The van der Waals surface area contributed by atoms with Crippen molar-refractivity contribution in [2.24, 2.45) is 5.92 Å². The zero-order valence-electron chi connectivity index (χ0n) is 22.6. The number of alkyl halides is 3. The van der Waals surface area contributed by atoms with E-state index in [1.54, 1.807) is 24.4 Å². The van der Waals surface area contributed by atoms with Crippen LogP contribution in [-0.2, 0) is 11.0 Å². The number of hydrogen-bond donors (Lipinski definition) is 2. The Balaban J connectivity index is 1.70. The summed E-state index contributed by atoms with van der Waals surface area (Å²) in [6.07, 6.45) is -2.28. The third kappa shape index (κ3) is 6.65. The molecule has 11 heteroatoms. The lowest BCUT2D eigenvalue weighted by Crippen LogP contribution is -2.26. The molecule has 0 radical (unpaired) electrons. The molecular formula is C30H29ClF3N3O4. The van der Waals surface area contributed by atoms with Crippen LogP contribution in [0, 0.1) is 5.92 Å². The summed E-state index contributed by atoms with van der Waals surface area (Å²) in [5, 5.41) is 16.7. The van der Waals surface area contributed by atoms with Crippen LogP contribution >= 0.6 is 11.6 Å². The number of benzene rings is 3. The standard InChI is InChI=1S/C30H29ClF3N3O4/c1-17(2)14-26(18-4-6-19(7-5-18)29(40)35-13-12-27(38)39)37-25-11-10-22(28(41-3)23(25)16-36-37)21-9-8-20(15-24(21)31)30(32,33)34/h4-11,15-17,26H,12-14H2,1-3H3,(H,35,40)(H,38,39)/t26-/m0/s1. The fourth-order valence-corrected chi connectivity index (χ4v) is 5.03. The van der Waals surface area contributed by atoms with Crippen molar-refractivity contribution in [3.8, 4) is 16.9 Å². The minimum atomic E-state index is -4.51. The van der Waals surface area contributed by atoms with Gasteiger partial charge in [0, 0.05) is 28.3 Å². The van der Waals surface area contributed by atoms with Gasteiger partial charge in [0.25, 0.3) is 5.91 Å². The maximum Gasteiger partial charge on any atom is 0.416 e. The van der Waals surface area contributed by atoms with E-state index in [0.29, 0.717) is 33.7 Å². The molecule has 7 nitrogen and oxygen atoms in total. The molecule has 1 atom stereocenters. The predicted molar refractivity (Wildman–Crippen MR) is 150 cm³/mol. The number of methoxy groups -OCH3 is 1. The Kier molecular flexibility index (Phi) is 8.92. The van der Waals surface area contributed by atoms with Crippen LogP contribution in [0.5, 0.6) is 5.75 Å². The summed E-state index contributed by atoms with van der Waals surface area (Å²) in [6, 6.07) is 13.7. The van der Waals surface area contributed by atoms with Gasteiger partial charge in [0.1, 0.15) is 5.75 Å². The van der Waals surface area contributed by atoms with Gasteiger partial charge in [-0.05, 0) is 54.3 Å². The number of nitrogens with zero attached hydrogens (tertiary/aromatic N) is 2. The number of carboxylic acid groups (broad SMARTS) is 1. The number of aromatic nitrogens is 2. The van der Waals surface area contributed by atoms with Crippen LogP contribution in [-0.4, -0.2) is 40.4 Å². The first-order valence-corrected chi connectivity index (χ1v) is 13.3. The summed E-state index contributed by atoms with van der Waals surface area (Å²) >= 11 is 6.29. The van der Waals surface area contributed by atoms with Crippen LogP contribution in [0.15, 0.2) is 60.8 Å². The molecule has 2 N–H and O–H groups in total. The first-order chi connectivity index (χ1) is 19.4. The number of hydrogen-bond acceptors (Lipinski definition) is 4. The van der Waals surface area contributed by atoms with Gasteiger partial charge in [0.05, 0.1) is 42.2 Å². The van der Waals surface area contributed by atoms with Gasteiger partial charge >= 0.3 is 12.1 Å². The maximum absolute atomic E-state index is 13.2. The Hall–Kier alpha value is -4.05. The van der Waals surface area contributed by atoms with Gasteiger partial charge in [-0.15, -0.1) is 0 Å². The van der Waals surface area contributed by atoms with Crippen molar-refractivity contribution in [2.75, 3.05) is 13.7 Å². The Morgan fingerprint density at radius 2 is 1.76 bits per heavy atom. The molecule has 0 fully saturated rings. The molecule has 1 heterocycles. The van der Waals surface area contributed by atoms with Crippen LogP contribution in [0.25, 0.3) is 22.0 Å². The molecule has 216 valence electrons. The monoisotopic (exact) mass is 587 g/mol. The van der Waals surface area contributed by atoms with Gasteiger partial charge in [0.15, 0.2) is 0 Å². The van der Waals surface area contributed by atoms with Gasteiger partial charge < -0.3 is 15.2 Å². The lowest BCUT2D eigenvalue weighted by Gasteiger charge is -2.22. The Labute approximate surface area is 239 Å². The highest BCUT2D eigenvalue weighted by Crippen LogP contribution is 2.42. The third-order valence-electron chi connectivity index (χ3n) is 6.69. The van der Waals surface area contributed by atoms with Gasteiger partial charge in [-0.1, -0.05) is 43.6 Å². The van der Waals surface area contributed by atoms with Crippen LogP contribution in [0.1, 0.15) is 54.2 Å². The number of aliphatic carboxylic acids is 1. The highest BCUT2D eigenvalue weighted by molar-refractivity contribution is 6.33. The minimum Gasteiger partial charge on any atom is -0.495 e. The first-order valence-electron chi connectivity index (χ1n) is 12.9. The van der Waals surface area contributed by atoms with Crippen LogP contribution in [0.3, 0.4) is 0 Å². The number of carboxylic acids is 1. The number of ether oxygens (including phenoxy) is 1. The molecule has 1 aromatic heterocycles. The second-order valence-corrected chi connectivity index (χ2v) is 10.4. The SMILES string of the molecule is COc1c(-c2ccc(C(F)(F)F)cc2Cl)ccc2c1cnn2[C@@H](CC(C)C)c1ccc(C(=O)NCCC(=O)O)cc1. The summed E-state index contributed by atoms with van der Waals surface area (Å²) in [5.74, 6) is -0.616. The molecule has 4 rings (SSSR count). The fourth-order valence-electron chi connectivity index (χ4n) is 4.75. The molecule has 3 aromatic carbocycles. The van der Waals surface area contributed by atoms with E-state index in [9.17, 15) is 22.8 Å². The average molecular weight is 588 g/mol. The van der Waals surface area contributed by atoms with E-state index >= 15 is 0 Å². The zero-order valence-corrected chi connectivity index (χ0v) is 23.4. The van der Waals surface area contributed by atoms with Crippen molar-refractivity contribution in [1.82, 2.24) is 15.1 Å². The van der Waals surface area contributed by atoms with Gasteiger partial charge in [-0.25, -0.2) is 0 Å². The van der Waals surface area contributed by atoms with Crippen LogP contribution in [0.4, 0.5) is 13.2 Å². The Morgan fingerprint density at radius 3 is 2.34 bits per heavy atom. The van der Waals surface area contributed by atoms with Gasteiger partial charge in [-0.3, -0.25) is 14.3 Å². The highest BCUT2D eigenvalue weighted by Gasteiger charge is 2.31. The summed E-state index contributed by atoms with van der Waals surface area (Å²) in [5.41, 5.74) is 2.19. The zero-order chi connectivity index (χ0) is 29.9. The van der Waals surface area contributed by atoms with Gasteiger partial charge in [0.2, 0.25) is 0 Å². The molecule has 1 amide bonds. The van der Waals surface area contributed by atoms with Crippen molar-refractivity contribution >= 4 is 34.4 Å². The van der Waals surface area contributed by atoms with E-state index in [0.717, 1.165) is 29.6 Å². The summed E-state index contributed by atoms with van der Waals surface area (Å²) in [4.78, 5) is 23.1. The van der Waals surface area contributed by atoms with E-state index in [4.69, 9.17) is 21.4 Å². The summed E-state index contributed by atoms with van der Waals surface area (Å²) < 4.78 is 47.1. The molecule has 0 aliphatic rings. The summed E-state index contributed by atoms with van der Waals surface area (Å²) in [6.45, 7) is 4.22. The van der Waals surface area contributed by atoms with E-state index < -0.39 is 17.7 Å². The molecule has 0 saturated heterocycles. The first kappa shape index (κ1) is 29.9. The Bertz CT molecular complexity index is 1570. The maximum atomic E-state index is 13.2. The largest absolute Gasteiger partial charge is 0.495 e. The number of carbonyl (C=O) groups is 2. The van der Waals surface area contributed by atoms with Crippen molar-refractivity contribution in [1.29, 1.82) is 0 Å². The van der Waals surface area contributed by atoms with Crippen molar-refractivity contribution in [2.45, 2.75) is 38.9 Å². The number of carbonyl (C=O) groups excluding carboxylic acids is 1. The molecule has 41 heavy (non-hydrogen) atoms. The van der Waals surface area contributed by atoms with Crippen LogP contribution < -0.4 is 10.1 Å². The molecule has 4 aromatic rings. The van der Waals surface area contributed by atoms with Crippen molar-refractivity contribution < 1.29 is 32.6 Å². The second-order valence-electron chi connectivity index (χ2n) is 10.0. The Morgan fingerprint density at radius 1 is 1.07 bits per heavy atom. The number of nitrogens with one attached hydrogen (secondary N) is 1. The van der Waals surface area contributed by atoms with Crippen LogP contribution in [0.2, 0.25) is 5.02 Å². The fraction of sp³-hybridized carbons (Fsp3) is 0.300. The highest BCUT2D eigenvalue weighted by atomic mass is 35.5. The van der Waals surface area contributed by atoms with Crippen molar-refractivity contribution in [3.63, 3.8) is 0 Å². The quantitative estimate of drug-likeness (QED) is 0.204. The molecule has 0 spiro atoms. The second kappa shape index (κ2) is 12.2. The third-order valence-corrected chi connectivity index (χ3v) is 7.01. The van der Waals surface area contributed by atoms with E-state index in [2.05, 4.69) is 24.3 Å². The molecule has 0 unspecified atom stereocenters. The minimum absolute atomic E-state index is 0.0344. The van der Waals surface area contributed by atoms with Crippen molar-refractivity contribution in [3.05, 3.63) is 82.5 Å². The topological polar surface area (TPSA) is 93.5 Å². The summed E-state index contributed by atoms with van der Waals surface area (Å²) in [7, 11) is 1.49. The molecule has 0 bridgehead atoms. The van der Waals surface area contributed by atoms with Gasteiger partial charge in [-0.2, -0.15) is 18.3 Å². The molecule has 0 saturated carbocycles. The van der Waals surface area contributed by atoms with E-state index in [1.165, 1.54) is 13.2 Å². The average Bonchev–Trinajstić information content (AvgIpc) is 3.34. The predicted octanol–water partition coefficient (Wildman–Crippen LogP) is 7.22. The number of amides is 1. The number of fused-ring (bicyclic) bond motifs is 1. The van der Waals surface area contributed by atoms with E-state index in [1.807, 2.05) is 22.9 Å². The smallest absolute Gasteiger partial charge is 0.416 e. The molecule has 0 aliphatic carbocycles. The lowest BCUT2D eigenvalue weighted by atomic mass is 9.95. The number of rotatable bonds is 10. The number of halogens is 4. The normalized spacial score (nSPS) is 12.5. The molecular weight excluding hydrogens is 559 g/mol.